The van der Waals surface area contributed by atoms with Crippen LogP contribution in [0, 0.1) is 13.8 Å². The number of hydrogen-bond acceptors (Lipinski definition) is 2. The van der Waals surface area contributed by atoms with Gasteiger partial charge in [-0.2, -0.15) is 13.2 Å². The van der Waals surface area contributed by atoms with E-state index in [4.69, 9.17) is 10.2 Å². The van der Waals surface area contributed by atoms with Gasteiger partial charge in [-0.3, -0.25) is 0 Å². The summed E-state index contributed by atoms with van der Waals surface area (Å²) in [4.78, 5) is 0. The molecule has 80 valence electrons. The van der Waals surface area contributed by atoms with Gasteiger partial charge in [-0.15, -0.1) is 0 Å². The Labute approximate surface area is 79.9 Å². The highest BCUT2D eigenvalue weighted by atomic mass is 19.4. The van der Waals surface area contributed by atoms with Crippen molar-refractivity contribution in [1.29, 1.82) is 0 Å². The molecule has 1 rings (SSSR count). The molecule has 0 spiro atoms. The quantitative estimate of drug-likeness (QED) is 0.809. The minimum absolute atomic E-state index is 0.192. The molecule has 1 heterocycles. The van der Waals surface area contributed by atoms with E-state index in [-0.39, 0.29) is 5.76 Å². The van der Waals surface area contributed by atoms with E-state index in [1.165, 1.54) is 0 Å². The highest BCUT2D eigenvalue weighted by molar-refractivity contribution is 5.20. The summed E-state index contributed by atoms with van der Waals surface area (Å²) in [6, 6.07) is 0.438. The first-order chi connectivity index (χ1) is 6.29. The molecule has 0 saturated heterocycles. The minimum atomic E-state index is -4.26. The maximum Gasteiger partial charge on any atom is 0.391 e. The molecule has 1 aromatic rings. The molecule has 0 unspecified atom stereocenters. The Bertz CT molecular complexity index is 297. The fourth-order valence-electron chi connectivity index (χ4n) is 1.13. The van der Waals surface area contributed by atoms with Gasteiger partial charge in [0.1, 0.15) is 11.5 Å². The highest BCUT2D eigenvalue weighted by Gasteiger charge is 2.32. The Morgan fingerprint density at radius 3 is 2.36 bits per heavy atom. The van der Waals surface area contributed by atoms with Crippen LogP contribution < -0.4 is 5.73 Å². The highest BCUT2D eigenvalue weighted by Crippen LogP contribution is 2.29. The molecule has 0 aliphatic heterocycles. The van der Waals surface area contributed by atoms with Crippen molar-refractivity contribution in [3.8, 4) is 0 Å². The lowest BCUT2D eigenvalue weighted by Crippen LogP contribution is -2.19. The largest absolute Gasteiger partial charge is 0.464 e. The standard InChI is InChI=1S/C9H12F3NO/c1-5-3-8(14-6(5)2)7(13)4-9(10,11)12/h3,7H,4,13H2,1-2H3/t7-/m0/s1. The minimum Gasteiger partial charge on any atom is -0.464 e. The zero-order chi connectivity index (χ0) is 10.9. The lowest BCUT2D eigenvalue weighted by atomic mass is 10.1. The molecule has 2 N–H and O–H groups in total. The molecule has 0 amide bonds. The van der Waals surface area contributed by atoms with E-state index in [1.807, 2.05) is 0 Å². The molecule has 0 saturated carbocycles. The molecule has 0 bridgehead atoms. The zero-order valence-electron chi connectivity index (χ0n) is 7.98. The molecule has 0 fully saturated rings. The third-order valence-corrected chi connectivity index (χ3v) is 2.00. The van der Waals surface area contributed by atoms with Gasteiger partial charge in [-0.05, 0) is 25.5 Å². The second-order valence-corrected chi connectivity index (χ2v) is 3.31. The molecule has 5 heteroatoms. The van der Waals surface area contributed by atoms with Gasteiger partial charge >= 0.3 is 6.18 Å². The van der Waals surface area contributed by atoms with Crippen LogP contribution in [0.5, 0.6) is 0 Å². The van der Waals surface area contributed by atoms with Crippen LogP contribution in [0.3, 0.4) is 0 Å². The van der Waals surface area contributed by atoms with Crippen LogP contribution in [0.2, 0.25) is 0 Å². The lowest BCUT2D eigenvalue weighted by molar-refractivity contribution is -0.139. The Hall–Kier alpha value is -0.970. The maximum absolute atomic E-state index is 12.0. The van der Waals surface area contributed by atoms with Gasteiger partial charge in [0.25, 0.3) is 0 Å². The number of alkyl halides is 3. The van der Waals surface area contributed by atoms with Gasteiger partial charge in [0.15, 0.2) is 0 Å². The van der Waals surface area contributed by atoms with E-state index in [0.717, 1.165) is 5.56 Å². The molecule has 0 aromatic carbocycles. The second-order valence-electron chi connectivity index (χ2n) is 3.31. The van der Waals surface area contributed by atoms with Gasteiger partial charge in [0.2, 0.25) is 0 Å². The van der Waals surface area contributed by atoms with Crippen molar-refractivity contribution in [2.45, 2.75) is 32.5 Å². The first kappa shape index (κ1) is 11.1. The van der Waals surface area contributed by atoms with E-state index in [9.17, 15) is 13.2 Å². The van der Waals surface area contributed by atoms with Crippen molar-refractivity contribution < 1.29 is 17.6 Å². The van der Waals surface area contributed by atoms with Crippen molar-refractivity contribution in [1.82, 2.24) is 0 Å². The first-order valence-corrected chi connectivity index (χ1v) is 4.19. The average molecular weight is 207 g/mol. The lowest BCUT2D eigenvalue weighted by Gasteiger charge is -2.11. The predicted octanol–water partition coefficient (Wildman–Crippen LogP) is 2.85. The number of aryl methyl sites for hydroxylation is 2. The molecular formula is C9H12F3NO. The third-order valence-electron chi connectivity index (χ3n) is 2.00. The van der Waals surface area contributed by atoms with Gasteiger partial charge in [-0.25, -0.2) is 0 Å². The average Bonchev–Trinajstić information content (AvgIpc) is 2.28. The number of furan rings is 1. The summed E-state index contributed by atoms with van der Waals surface area (Å²) in [6.07, 6.45) is -5.31. The van der Waals surface area contributed by atoms with Crippen LogP contribution in [-0.2, 0) is 0 Å². The predicted molar refractivity (Wildman–Crippen MR) is 45.8 cm³/mol. The van der Waals surface area contributed by atoms with Crippen LogP contribution in [0.15, 0.2) is 10.5 Å². The third kappa shape index (κ3) is 2.77. The van der Waals surface area contributed by atoms with Crippen molar-refractivity contribution in [2.75, 3.05) is 0 Å². The van der Waals surface area contributed by atoms with E-state index in [1.54, 1.807) is 19.9 Å². The van der Waals surface area contributed by atoms with Crippen molar-refractivity contribution in [3.05, 3.63) is 23.2 Å². The molecule has 14 heavy (non-hydrogen) atoms. The number of rotatable bonds is 2. The molecule has 0 aliphatic carbocycles. The van der Waals surface area contributed by atoms with Crippen LogP contribution in [0.4, 0.5) is 13.2 Å². The fraction of sp³-hybridized carbons (Fsp3) is 0.556. The Morgan fingerprint density at radius 1 is 1.43 bits per heavy atom. The summed E-state index contributed by atoms with van der Waals surface area (Å²) in [5.41, 5.74) is 6.17. The van der Waals surface area contributed by atoms with Crippen LogP contribution in [0.1, 0.15) is 29.5 Å². The van der Waals surface area contributed by atoms with Crippen LogP contribution >= 0.6 is 0 Å². The van der Waals surface area contributed by atoms with E-state index < -0.39 is 18.6 Å². The Balaban J connectivity index is 2.75. The summed E-state index contributed by atoms with van der Waals surface area (Å²) >= 11 is 0. The molecule has 1 atom stereocenters. The number of halogens is 3. The number of hydrogen-bond donors (Lipinski definition) is 1. The van der Waals surface area contributed by atoms with Crippen molar-refractivity contribution in [3.63, 3.8) is 0 Å². The molecule has 0 aliphatic rings. The topological polar surface area (TPSA) is 39.2 Å². The van der Waals surface area contributed by atoms with Gasteiger partial charge in [0, 0.05) is 0 Å². The summed E-state index contributed by atoms with van der Waals surface area (Å²) < 4.78 is 41.0. The molecular weight excluding hydrogens is 195 g/mol. The SMILES string of the molecule is Cc1cc([C@@H](N)CC(F)(F)F)oc1C. The second kappa shape index (κ2) is 3.65. The van der Waals surface area contributed by atoms with Gasteiger partial charge in [0.05, 0.1) is 12.5 Å². The Morgan fingerprint density at radius 2 is 2.00 bits per heavy atom. The summed E-state index contributed by atoms with van der Waals surface area (Å²) in [5, 5.41) is 0. The van der Waals surface area contributed by atoms with Gasteiger partial charge < -0.3 is 10.2 Å². The Kier molecular flexibility index (Phi) is 2.89. The van der Waals surface area contributed by atoms with Gasteiger partial charge in [-0.1, -0.05) is 0 Å². The first-order valence-electron chi connectivity index (χ1n) is 4.19. The molecule has 1 aromatic heterocycles. The monoisotopic (exact) mass is 207 g/mol. The van der Waals surface area contributed by atoms with Crippen molar-refractivity contribution in [2.24, 2.45) is 5.73 Å². The fourth-order valence-corrected chi connectivity index (χ4v) is 1.13. The smallest absolute Gasteiger partial charge is 0.391 e. The van der Waals surface area contributed by atoms with Crippen LogP contribution in [-0.4, -0.2) is 6.18 Å². The molecule has 2 nitrogen and oxygen atoms in total. The summed E-state index contributed by atoms with van der Waals surface area (Å²) in [7, 11) is 0. The molecule has 0 radical (unpaired) electrons. The van der Waals surface area contributed by atoms with E-state index >= 15 is 0 Å². The summed E-state index contributed by atoms with van der Waals surface area (Å²) in [6.45, 7) is 3.46. The maximum atomic E-state index is 12.0. The van der Waals surface area contributed by atoms with E-state index in [0.29, 0.717) is 5.76 Å². The summed E-state index contributed by atoms with van der Waals surface area (Å²) in [5.74, 6) is 0.801. The van der Waals surface area contributed by atoms with Crippen molar-refractivity contribution >= 4 is 0 Å². The van der Waals surface area contributed by atoms with Crippen LogP contribution in [0.25, 0.3) is 0 Å². The normalized spacial score (nSPS) is 14.4. The zero-order valence-corrected chi connectivity index (χ0v) is 7.98. The number of nitrogens with two attached hydrogens (primary N) is 1. The van der Waals surface area contributed by atoms with E-state index in [2.05, 4.69) is 0 Å².